The molecule has 0 saturated carbocycles. The summed E-state index contributed by atoms with van der Waals surface area (Å²) in [6.45, 7) is 2.46. The first-order valence-corrected chi connectivity index (χ1v) is 5.44. The van der Waals surface area contributed by atoms with E-state index in [1.54, 1.807) is 11.2 Å². The van der Waals surface area contributed by atoms with Crippen molar-refractivity contribution in [1.29, 1.82) is 0 Å². The van der Waals surface area contributed by atoms with Gasteiger partial charge in [-0.1, -0.05) is 0 Å². The van der Waals surface area contributed by atoms with E-state index in [2.05, 4.69) is 4.90 Å². The molecular formula is C11H17N3O2. The van der Waals surface area contributed by atoms with Gasteiger partial charge in [-0.25, -0.2) is 0 Å². The Balaban J connectivity index is 2.08. The normalized spacial score (nSPS) is 20.1. The highest BCUT2D eigenvalue weighted by Crippen LogP contribution is 2.21. The van der Waals surface area contributed by atoms with Crippen LogP contribution in [0, 0.1) is 0 Å². The predicted octanol–water partition coefficient (Wildman–Crippen LogP) is 0.0534. The summed E-state index contributed by atoms with van der Waals surface area (Å²) in [7, 11) is 1.82. The summed E-state index contributed by atoms with van der Waals surface area (Å²) in [6, 6.07) is 3.75. The van der Waals surface area contributed by atoms with Crippen molar-refractivity contribution < 1.29 is 9.21 Å². The van der Waals surface area contributed by atoms with Crippen LogP contribution in [0.3, 0.4) is 0 Å². The lowest BCUT2D eigenvalue weighted by atomic mass is 10.1. The van der Waals surface area contributed by atoms with Gasteiger partial charge in [-0.15, -0.1) is 0 Å². The van der Waals surface area contributed by atoms with Crippen molar-refractivity contribution in [3.05, 3.63) is 24.2 Å². The van der Waals surface area contributed by atoms with E-state index in [-0.39, 0.29) is 11.9 Å². The van der Waals surface area contributed by atoms with Gasteiger partial charge in [0.15, 0.2) is 0 Å². The molecular weight excluding hydrogens is 206 g/mol. The van der Waals surface area contributed by atoms with Crippen molar-refractivity contribution >= 4 is 5.91 Å². The van der Waals surface area contributed by atoms with E-state index in [4.69, 9.17) is 10.2 Å². The van der Waals surface area contributed by atoms with Crippen molar-refractivity contribution in [3.63, 3.8) is 0 Å². The molecule has 1 aliphatic rings. The molecule has 0 aliphatic carbocycles. The van der Waals surface area contributed by atoms with Crippen molar-refractivity contribution in [2.75, 3.05) is 33.2 Å². The van der Waals surface area contributed by atoms with Gasteiger partial charge in [0, 0.05) is 26.7 Å². The highest BCUT2D eigenvalue weighted by atomic mass is 16.3. The van der Waals surface area contributed by atoms with Crippen LogP contribution in [0.2, 0.25) is 0 Å². The number of amides is 1. The Hall–Kier alpha value is -1.33. The van der Waals surface area contributed by atoms with Crippen molar-refractivity contribution in [2.24, 2.45) is 5.73 Å². The zero-order valence-corrected chi connectivity index (χ0v) is 9.43. The van der Waals surface area contributed by atoms with Crippen LogP contribution < -0.4 is 5.73 Å². The maximum atomic E-state index is 11.6. The topological polar surface area (TPSA) is 62.7 Å². The Labute approximate surface area is 94.8 Å². The molecule has 88 valence electrons. The average Bonchev–Trinajstić information content (AvgIpc) is 2.78. The van der Waals surface area contributed by atoms with Crippen molar-refractivity contribution in [1.82, 2.24) is 9.80 Å². The van der Waals surface area contributed by atoms with E-state index in [0.717, 1.165) is 18.8 Å². The lowest BCUT2D eigenvalue weighted by Gasteiger charge is -2.36. The van der Waals surface area contributed by atoms with Crippen LogP contribution >= 0.6 is 0 Å². The van der Waals surface area contributed by atoms with Gasteiger partial charge in [0.2, 0.25) is 5.91 Å². The van der Waals surface area contributed by atoms with Gasteiger partial charge in [-0.2, -0.15) is 0 Å². The Kier molecular flexibility index (Phi) is 3.26. The monoisotopic (exact) mass is 223 g/mol. The summed E-state index contributed by atoms with van der Waals surface area (Å²) in [5.41, 5.74) is 5.75. The molecule has 1 aliphatic heterocycles. The molecule has 0 bridgehead atoms. The smallest absolute Gasteiger partial charge is 0.236 e. The lowest BCUT2D eigenvalue weighted by Crippen LogP contribution is -2.50. The molecule has 1 atom stereocenters. The summed E-state index contributed by atoms with van der Waals surface area (Å²) in [4.78, 5) is 15.4. The molecule has 0 radical (unpaired) electrons. The summed E-state index contributed by atoms with van der Waals surface area (Å²) in [6.07, 6.45) is 1.63. The highest BCUT2D eigenvalue weighted by molar-refractivity contribution is 5.78. The zero-order valence-electron chi connectivity index (χ0n) is 9.43. The number of nitrogens with two attached hydrogens (primary N) is 1. The number of hydrogen-bond acceptors (Lipinski definition) is 4. The second-order valence-corrected chi connectivity index (χ2v) is 4.05. The molecule has 1 fully saturated rings. The Morgan fingerprint density at radius 2 is 2.38 bits per heavy atom. The first kappa shape index (κ1) is 11.2. The van der Waals surface area contributed by atoms with E-state index in [9.17, 15) is 4.79 Å². The Morgan fingerprint density at radius 1 is 1.56 bits per heavy atom. The zero-order chi connectivity index (χ0) is 11.5. The second-order valence-electron chi connectivity index (χ2n) is 4.05. The Morgan fingerprint density at radius 3 is 2.94 bits per heavy atom. The van der Waals surface area contributed by atoms with E-state index >= 15 is 0 Å². The number of nitrogens with zero attached hydrogens (tertiary/aromatic N) is 2. The van der Waals surface area contributed by atoms with E-state index in [1.165, 1.54) is 0 Å². The minimum Gasteiger partial charge on any atom is -0.468 e. The summed E-state index contributed by atoms with van der Waals surface area (Å²) < 4.78 is 5.36. The molecule has 5 nitrogen and oxygen atoms in total. The maximum Gasteiger partial charge on any atom is 0.236 e. The van der Waals surface area contributed by atoms with Crippen LogP contribution in [0.4, 0.5) is 0 Å². The summed E-state index contributed by atoms with van der Waals surface area (Å²) in [5.74, 6) is 0.969. The quantitative estimate of drug-likeness (QED) is 0.786. The van der Waals surface area contributed by atoms with E-state index < -0.39 is 0 Å². The van der Waals surface area contributed by atoms with Gasteiger partial charge in [-0.3, -0.25) is 9.69 Å². The molecule has 1 aromatic heterocycles. The predicted molar refractivity (Wildman–Crippen MR) is 59.7 cm³/mol. The number of rotatable bonds is 3. The first-order chi connectivity index (χ1) is 7.72. The van der Waals surface area contributed by atoms with Crippen LogP contribution in [0.15, 0.2) is 22.8 Å². The standard InChI is InChI=1S/C11H17N3O2/c1-13-4-5-14(8-11(13)15)9(7-12)10-3-2-6-16-10/h2-3,6,9H,4-5,7-8,12H2,1H3. The molecule has 1 aromatic rings. The number of hydrogen-bond donors (Lipinski definition) is 1. The van der Waals surface area contributed by atoms with Crippen LogP contribution in [0.5, 0.6) is 0 Å². The number of likely N-dealkylation sites (N-methyl/N-ethyl adjacent to an activating group) is 1. The van der Waals surface area contributed by atoms with Gasteiger partial charge in [0.1, 0.15) is 5.76 Å². The summed E-state index contributed by atoms with van der Waals surface area (Å²) in [5, 5.41) is 0. The van der Waals surface area contributed by atoms with Crippen LogP contribution in [-0.4, -0.2) is 48.9 Å². The summed E-state index contributed by atoms with van der Waals surface area (Å²) >= 11 is 0. The van der Waals surface area contributed by atoms with Crippen LogP contribution in [0.1, 0.15) is 11.8 Å². The minimum absolute atomic E-state index is 0.00708. The Bertz CT molecular complexity index is 350. The fourth-order valence-corrected chi connectivity index (χ4v) is 1.97. The first-order valence-electron chi connectivity index (χ1n) is 5.44. The van der Waals surface area contributed by atoms with Gasteiger partial charge in [-0.05, 0) is 12.1 Å². The highest BCUT2D eigenvalue weighted by Gasteiger charge is 2.28. The lowest BCUT2D eigenvalue weighted by molar-refractivity contribution is -0.135. The van der Waals surface area contributed by atoms with Gasteiger partial charge in [0.05, 0.1) is 18.8 Å². The molecule has 2 heterocycles. The number of carbonyl (C=O) groups is 1. The molecule has 2 N–H and O–H groups in total. The average molecular weight is 223 g/mol. The number of piperazine rings is 1. The third-order valence-corrected chi connectivity index (χ3v) is 3.02. The number of furan rings is 1. The minimum atomic E-state index is 0.00708. The van der Waals surface area contributed by atoms with Gasteiger partial charge >= 0.3 is 0 Å². The molecule has 0 aromatic carbocycles. The van der Waals surface area contributed by atoms with Crippen molar-refractivity contribution in [3.8, 4) is 0 Å². The van der Waals surface area contributed by atoms with Gasteiger partial charge < -0.3 is 15.1 Å². The molecule has 16 heavy (non-hydrogen) atoms. The third kappa shape index (κ3) is 2.10. The maximum absolute atomic E-state index is 11.6. The SMILES string of the molecule is CN1CCN(C(CN)c2ccco2)CC1=O. The van der Waals surface area contributed by atoms with Crippen molar-refractivity contribution in [2.45, 2.75) is 6.04 Å². The van der Waals surface area contributed by atoms with E-state index in [1.807, 2.05) is 19.2 Å². The fourth-order valence-electron chi connectivity index (χ4n) is 1.97. The molecule has 1 saturated heterocycles. The van der Waals surface area contributed by atoms with Crippen LogP contribution in [-0.2, 0) is 4.79 Å². The molecule has 5 heteroatoms. The molecule has 1 unspecified atom stereocenters. The third-order valence-electron chi connectivity index (χ3n) is 3.02. The van der Waals surface area contributed by atoms with Gasteiger partial charge in [0.25, 0.3) is 0 Å². The van der Waals surface area contributed by atoms with E-state index in [0.29, 0.717) is 13.1 Å². The largest absolute Gasteiger partial charge is 0.468 e. The molecule has 2 rings (SSSR count). The second kappa shape index (κ2) is 4.67. The van der Waals surface area contributed by atoms with Crippen LogP contribution in [0.25, 0.3) is 0 Å². The fraction of sp³-hybridized carbons (Fsp3) is 0.545. The molecule has 0 spiro atoms. The molecule has 1 amide bonds. The number of carbonyl (C=O) groups excluding carboxylic acids is 1.